The molecule has 0 fully saturated rings. The lowest BCUT2D eigenvalue weighted by molar-refractivity contribution is 0.521. The van der Waals surface area contributed by atoms with Crippen LogP contribution in [-0.2, 0) is 0 Å². The fraction of sp³-hybridized carbons (Fsp3) is 0.231. The molecule has 3 rings (SSSR count). The minimum Gasteiger partial charge on any atom is -0.462 e. The van der Waals surface area contributed by atoms with E-state index in [9.17, 15) is 0 Å². The number of rotatable bonds is 1. The molecule has 0 spiro atoms. The molecular weight excluding hydrogens is 204 g/mol. The van der Waals surface area contributed by atoms with Crippen molar-refractivity contribution in [1.29, 1.82) is 0 Å². The Balaban J connectivity index is 2.14. The third-order valence-electron chi connectivity index (χ3n) is 2.84. The summed E-state index contributed by atoms with van der Waals surface area (Å²) in [5.41, 5.74) is 4.11. The summed E-state index contributed by atoms with van der Waals surface area (Å²) in [6.07, 6.45) is 4.39. The van der Waals surface area contributed by atoms with E-state index in [1.54, 1.807) is 0 Å². The molecule has 0 atom stereocenters. The Labute approximate surface area is 93.6 Å². The van der Waals surface area contributed by atoms with Crippen molar-refractivity contribution >= 4 is 17.3 Å². The second kappa shape index (κ2) is 3.17. The van der Waals surface area contributed by atoms with Crippen LogP contribution in [0.2, 0.25) is 0 Å². The third-order valence-corrected chi connectivity index (χ3v) is 3.92. The summed E-state index contributed by atoms with van der Waals surface area (Å²) in [7, 11) is 0. The van der Waals surface area contributed by atoms with Crippen molar-refractivity contribution in [3.05, 3.63) is 51.9 Å². The quantitative estimate of drug-likeness (QED) is 0.705. The highest BCUT2D eigenvalue weighted by Crippen LogP contribution is 2.47. The second-order valence-electron chi connectivity index (χ2n) is 3.93. The molecule has 2 heterocycles. The van der Waals surface area contributed by atoms with Crippen LogP contribution in [0.4, 0.5) is 0 Å². The van der Waals surface area contributed by atoms with Crippen LogP contribution in [-0.4, -0.2) is 5.75 Å². The molecule has 0 saturated heterocycles. The molecule has 2 heteroatoms. The highest BCUT2D eigenvalue weighted by Gasteiger charge is 2.26. The second-order valence-corrected chi connectivity index (χ2v) is 4.95. The summed E-state index contributed by atoms with van der Waals surface area (Å²) in [4.78, 5) is 1.40. The van der Waals surface area contributed by atoms with E-state index in [4.69, 9.17) is 4.42 Å². The summed E-state index contributed by atoms with van der Waals surface area (Å²) in [6.45, 7) is 4.16. The highest BCUT2D eigenvalue weighted by atomic mass is 32.2. The van der Waals surface area contributed by atoms with Gasteiger partial charge in [-0.1, -0.05) is 6.08 Å². The molecule has 1 aromatic rings. The first-order valence-corrected chi connectivity index (χ1v) is 6.06. The molecule has 0 radical (unpaired) electrons. The topological polar surface area (TPSA) is 13.1 Å². The minimum atomic E-state index is 0.986. The Kier molecular flexibility index (Phi) is 1.93. The molecule has 1 nitrogen and oxygen atoms in total. The van der Waals surface area contributed by atoms with Gasteiger partial charge in [0.2, 0.25) is 0 Å². The zero-order chi connectivity index (χ0) is 10.4. The SMILES string of the molecule is CC1=CC=C2SCC(c3ccc(C)o3)=C12. The summed E-state index contributed by atoms with van der Waals surface area (Å²) in [5.74, 6) is 3.06. The van der Waals surface area contributed by atoms with Gasteiger partial charge < -0.3 is 4.42 Å². The van der Waals surface area contributed by atoms with E-state index in [0.717, 1.165) is 17.3 Å². The molecule has 2 aliphatic rings. The fourth-order valence-corrected chi connectivity index (χ4v) is 3.26. The van der Waals surface area contributed by atoms with Gasteiger partial charge in [0.1, 0.15) is 11.5 Å². The van der Waals surface area contributed by atoms with E-state index in [1.165, 1.54) is 21.6 Å². The van der Waals surface area contributed by atoms with E-state index in [2.05, 4.69) is 25.1 Å². The molecule has 76 valence electrons. The van der Waals surface area contributed by atoms with Crippen LogP contribution in [0.3, 0.4) is 0 Å². The van der Waals surface area contributed by atoms with E-state index >= 15 is 0 Å². The molecule has 0 bridgehead atoms. The predicted molar refractivity (Wildman–Crippen MR) is 64.7 cm³/mol. The number of allylic oxidation sites excluding steroid dienone is 4. The maximum atomic E-state index is 5.70. The van der Waals surface area contributed by atoms with E-state index in [-0.39, 0.29) is 0 Å². The van der Waals surface area contributed by atoms with Crippen LogP contribution in [0.15, 0.2) is 44.8 Å². The predicted octanol–water partition coefficient (Wildman–Crippen LogP) is 3.93. The molecular formula is C13H12OS. The lowest BCUT2D eigenvalue weighted by Gasteiger charge is -2.01. The summed E-state index contributed by atoms with van der Waals surface area (Å²) in [5, 5.41) is 0. The molecule has 0 unspecified atom stereocenters. The Hall–Kier alpha value is -1.15. The van der Waals surface area contributed by atoms with Gasteiger partial charge >= 0.3 is 0 Å². The summed E-state index contributed by atoms with van der Waals surface area (Å²) in [6, 6.07) is 4.11. The van der Waals surface area contributed by atoms with Crippen molar-refractivity contribution in [2.75, 3.05) is 5.75 Å². The van der Waals surface area contributed by atoms with Gasteiger partial charge in [-0.2, -0.15) is 0 Å². The van der Waals surface area contributed by atoms with Crippen LogP contribution in [0.25, 0.3) is 5.57 Å². The van der Waals surface area contributed by atoms with Crippen molar-refractivity contribution in [3.63, 3.8) is 0 Å². The Morgan fingerprint density at radius 2 is 2.07 bits per heavy atom. The number of thioether (sulfide) groups is 1. The molecule has 1 aliphatic heterocycles. The maximum Gasteiger partial charge on any atom is 0.131 e. The van der Waals surface area contributed by atoms with Crippen LogP contribution in [0, 0.1) is 6.92 Å². The van der Waals surface area contributed by atoms with Crippen LogP contribution < -0.4 is 0 Å². The van der Waals surface area contributed by atoms with Gasteiger partial charge in [-0.3, -0.25) is 0 Å². The first-order chi connectivity index (χ1) is 7.25. The zero-order valence-corrected chi connectivity index (χ0v) is 9.65. The van der Waals surface area contributed by atoms with Crippen LogP contribution in [0.5, 0.6) is 0 Å². The molecule has 1 aliphatic carbocycles. The monoisotopic (exact) mass is 216 g/mol. The average Bonchev–Trinajstić information content (AvgIpc) is 2.84. The van der Waals surface area contributed by atoms with E-state index in [1.807, 2.05) is 24.8 Å². The number of hydrogen-bond acceptors (Lipinski definition) is 2. The van der Waals surface area contributed by atoms with E-state index in [0.29, 0.717) is 0 Å². The molecule has 1 aromatic heterocycles. The van der Waals surface area contributed by atoms with Gasteiger partial charge in [-0.25, -0.2) is 0 Å². The van der Waals surface area contributed by atoms with Gasteiger partial charge in [0, 0.05) is 16.2 Å². The van der Waals surface area contributed by atoms with Crippen LogP contribution >= 0.6 is 11.8 Å². The number of fused-ring (bicyclic) bond motifs is 1. The van der Waals surface area contributed by atoms with Crippen molar-refractivity contribution in [3.8, 4) is 0 Å². The molecule has 0 saturated carbocycles. The van der Waals surface area contributed by atoms with Crippen molar-refractivity contribution < 1.29 is 4.42 Å². The normalized spacial score (nSPS) is 19.3. The Bertz CT molecular complexity index is 514. The number of aryl methyl sites for hydroxylation is 1. The first kappa shape index (κ1) is 9.10. The molecule has 0 N–H and O–H groups in total. The summed E-state index contributed by atoms with van der Waals surface area (Å²) >= 11 is 1.90. The number of hydrogen-bond donors (Lipinski definition) is 0. The van der Waals surface area contributed by atoms with Crippen LogP contribution in [0.1, 0.15) is 18.4 Å². The largest absolute Gasteiger partial charge is 0.462 e. The Morgan fingerprint density at radius 3 is 2.80 bits per heavy atom. The lowest BCUT2D eigenvalue weighted by Crippen LogP contribution is -1.86. The zero-order valence-electron chi connectivity index (χ0n) is 8.83. The van der Waals surface area contributed by atoms with Gasteiger partial charge in [-0.05, 0) is 43.2 Å². The minimum absolute atomic E-state index is 0.986. The number of furan rings is 1. The molecule has 0 amide bonds. The lowest BCUT2D eigenvalue weighted by atomic mass is 10.0. The summed E-state index contributed by atoms with van der Waals surface area (Å²) < 4.78 is 5.70. The first-order valence-electron chi connectivity index (χ1n) is 5.08. The maximum absolute atomic E-state index is 5.70. The fourth-order valence-electron chi connectivity index (χ4n) is 2.08. The van der Waals surface area contributed by atoms with Crippen molar-refractivity contribution in [2.45, 2.75) is 13.8 Å². The van der Waals surface area contributed by atoms with Crippen molar-refractivity contribution in [1.82, 2.24) is 0 Å². The molecule has 15 heavy (non-hydrogen) atoms. The van der Waals surface area contributed by atoms with Gasteiger partial charge in [-0.15, -0.1) is 11.8 Å². The van der Waals surface area contributed by atoms with Gasteiger partial charge in [0.25, 0.3) is 0 Å². The average molecular weight is 216 g/mol. The Morgan fingerprint density at radius 1 is 1.20 bits per heavy atom. The molecule has 0 aromatic carbocycles. The van der Waals surface area contributed by atoms with Gasteiger partial charge in [0.15, 0.2) is 0 Å². The van der Waals surface area contributed by atoms with Gasteiger partial charge in [0.05, 0.1) is 0 Å². The highest BCUT2D eigenvalue weighted by molar-refractivity contribution is 8.04. The standard InChI is InChI=1S/C13H12OS/c1-8-3-6-12-13(8)10(7-15-12)11-5-4-9(2)14-11/h3-6H,7H2,1-2H3. The van der Waals surface area contributed by atoms with E-state index < -0.39 is 0 Å². The smallest absolute Gasteiger partial charge is 0.131 e. The van der Waals surface area contributed by atoms with Crippen molar-refractivity contribution in [2.24, 2.45) is 0 Å². The third kappa shape index (κ3) is 1.32.